The first-order chi connectivity index (χ1) is 12.8. The lowest BCUT2D eigenvalue weighted by atomic mass is 10.2. The second kappa shape index (κ2) is 6.03. The highest BCUT2D eigenvalue weighted by molar-refractivity contribution is 7.07. The minimum absolute atomic E-state index is 0.0111. The summed E-state index contributed by atoms with van der Waals surface area (Å²) in [5.74, 6) is 1.47. The van der Waals surface area contributed by atoms with Crippen LogP contribution in [0.4, 0.5) is 5.69 Å². The maximum atomic E-state index is 12.8. The van der Waals surface area contributed by atoms with Crippen molar-refractivity contribution in [3.05, 3.63) is 73.8 Å². The summed E-state index contributed by atoms with van der Waals surface area (Å²) in [7, 11) is 0. The number of rotatable bonds is 2. The SMILES string of the molecule is O=c1/c(=C\c2ccccc2)sc2n1CN(c1ccc3c(c1)OCO3)CN=2. The Morgan fingerprint density at radius 3 is 2.81 bits per heavy atom. The van der Waals surface area contributed by atoms with Gasteiger partial charge in [0.1, 0.15) is 13.3 Å². The lowest BCUT2D eigenvalue weighted by Crippen LogP contribution is -2.42. The van der Waals surface area contributed by atoms with E-state index in [1.54, 1.807) is 4.57 Å². The van der Waals surface area contributed by atoms with Gasteiger partial charge in [0.2, 0.25) is 6.79 Å². The second-order valence-electron chi connectivity index (χ2n) is 6.06. The summed E-state index contributed by atoms with van der Waals surface area (Å²) in [4.78, 5) is 20.2. The predicted octanol–water partition coefficient (Wildman–Crippen LogP) is 1.52. The highest BCUT2D eigenvalue weighted by Gasteiger charge is 2.19. The number of fused-ring (bicyclic) bond motifs is 2. The second-order valence-corrected chi connectivity index (χ2v) is 7.06. The molecule has 26 heavy (non-hydrogen) atoms. The Bertz CT molecular complexity index is 1150. The van der Waals surface area contributed by atoms with Crippen LogP contribution in [-0.2, 0) is 6.67 Å². The molecule has 5 rings (SSSR count). The summed E-state index contributed by atoms with van der Waals surface area (Å²) in [6.45, 7) is 1.22. The minimum atomic E-state index is -0.0111. The average molecular weight is 365 g/mol. The fourth-order valence-electron chi connectivity index (χ4n) is 3.06. The van der Waals surface area contributed by atoms with E-state index in [4.69, 9.17) is 9.47 Å². The molecule has 6 nitrogen and oxygen atoms in total. The molecule has 0 atom stereocenters. The normalized spacial score (nSPS) is 15.7. The van der Waals surface area contributed by atoms with Crippen molar-refractivity contribution in [3.8, 4) is 11.5 Å². The first kappa shape index (κ1) is 15.2. The number of thiazole rings is 1. The van der Waals surface area contributed by atoms with Crippen LogP contribution in [-0.4, -0.2) is 18.0 Å². The minimum Gasteiger partial charge on any atom is -0.454 e. The van der Waals surface area contributed by atoms with Crippen LogP contribution in [0.3, 0.4) is 0 Å². The van der Waals surface area contributed by atoms with Gasteiger partial charge >= 0.3 is 0 Å². The zero-order valence-corrected chi connectivity index (χ0v) is 14.6. The van der Waals surface area contributed by atoms with Gasteiger partial charge in [-0.25, -0.2) is 4.99 Å². The number of anilines is 1. The number of ether oxygens (including phenoxy) is 2. The molecule has 2 aliphatic heterocycles. The van der Waals surface area contributed by atoms with E-state index in [0.717, 1.165) is 27.6 Å². The Morgan fingerprint density at radius 2 is 1.92 bits per heavy atom. The first-order valence-corrected chi connectivity index (χ1v) is 9.05. The fourth-order valence-corrected chi connectivity index (χ4v) is 4.02. The number of hydrogen-bond acceptors (Lipinski definition) is 6. The summed E-state index contributed by atoms with van der Waals surface area (Å²) in [5, 5.41) is 0. The molecule has 0 bridgehead atoms. The zero-order chi connectivity index (χ0) is 17.5. The van der Waals surface area contributed by atoms with E-state index in [1.807, 2.05) is 59.5 Å². The van der Waals surface area contributed by atoms with Crippen LogP contribution in [0.25, 0.3) is 6.08 Å². The van der Waals surface area contributed by atoms with Crippen LogP contribution in [0, 0.1) is 0 Å². The van der Waals surface area contributed by atoms with Crippen molar-refractivity contribution in [1.29, 1.82) is 0 Å². The molecule has 0 fully saturated rings. The number of aromatic nitrogens is 1. The van der Waals surface area contributed by atoms with Gasteiger partial charge in [0.15, 0.2) is 16.3 Å². The van der Waals surface area contributed by atoms with Crippen molar-refractivity contribution in [3.63, 3.8) is 0 Å². The molecule has 0 spiro atoms. The third-order valence-electron chi connectivity index (χ3n) is 4.40. The lowest BCUT2D eigenvalue weighted by Gasteiger charge is -2.25. The topological polar surface area (TPSA) is 56.1 Å². The van der Waals surface area contributed by atoms with Gasteiger partial charge in [0, 0.05) is 11.8 Å². The van der Waals surface area contributed by atoms with E-state index >= 15 is 0 Å². The van der Waals surface area contributed by atoms with Crippen LogP contribution in [0.1, 0.15) is 5.56 Å². The van der Waals surface area contributed by atoms with Crippen molar-refractivity contribution in [2.24, 2.45) is 4.99 Å². The van der Waals surface area contributed by atoms with Crippen LogP contribution < -0.4 is 29.3 Å². The average Bonchev–Trinajstić information content (AvgIpc) is 3.27. The molecule has 2 aliphatic rings. The first-order valence-electron chi connectivity index (χ1n) is 8.23. The Balaban J connectivity index is 1.50. The number of benzene rings is 2. The van der Waals surface area contributed by atoms with Crippen LogP contribution in [0.5, 0.6) is 11.5 Å². The molecule has 0 N–H and O–H groups in total. The summed E-state index contributed by atoms with van der Waals surface area (Å²) in [6.07, 6.45) is 1.92. The van der Waals surface area contributed by atoms with Gasteiger partial charge in [-0.15, -0.1) is 0 Å². The molecule has 0 unspecified atom stereocenters. The highest BCUT2D eigenvalue weighted by atomic mass is 32.1. The van der Waals surface area contributed by atoms with Gasteiger partial charge < -0.3 is 14.4 Å². The molecule has 3 heterocycles. The quantitative estimate of drug-likeness (QED) is 0.691. The maximum absolute atomic E-state index is 12.8. The number of nitrogens with zero attached hydrogens (tertiary/aromatic N) is 3. The highest BCUT2D eigenvalue weighted by Crippen LogP contribution is 2.35. The molecule has 0 amide bonds. The van der Waals surface area contributed by atoms with E-state index in [0.29, 0.717) is 17.9 Å². The molecule has 0 saturated heterocycles. The summed E-state index contributed by atoms with van der Waals surface area (Å²) >= 11 is 1.43. The van der Waals surface area contributed by atoms with E-state index in [-0.39, 0.29) is 12.4 Å². The Labute approximate surface area is 152 Å². The molecule has 3 aromatic rings. The molecular weight excluding hydrogens is 350 g/mol. The van der Waals surface area contributed by atoms with Crippen molar-refractivity contribution < 1.29 is 9.47 Å². The molecule has 0 saturated carbocycles. The van der Waals surface area contributed by atoms with Crippen molar-refractivity contribution >= 4 is 23.1 Å². The van der Waals surface area contributed by atoms with E-state index in [2.05, 4.69) is 4.99 Å². The maximum Gasteiger partial charge on any atom is 0.271 e. The van der Waals surface area contributed by atoms with Crippen LogP contribution in [0.15, 0.2) is 58.3 Å². The van der Waals surface area contributed by atoms with Gasteiger partial charge in [-0.3, -0.25) is 9.36 Å². The standard InChI is InChI=1S/C19H15N3O3S/c23-18-17(8-13-4-2-1-3-5-13)26-19-20-10-21(11-22(18)19)14-6-7-15-16(9-14)25-12-24-15/h1-9H,10-12H2/b17-8+. The van der Waals surface area contributed by atoms with Crippen molar-refractivity contribution in [2.75, 3.05) is 18.4 Å². The summed E-state index contributed by atoms with van der Waals surface area (Å²) < 4.78 is 13.2. The van der Waals surface area contributed by atoms with Crippen LogP contribution in [0.2, 0.25) is 0 Å². The smallest absolute Gasteiger partial charge is 0.271 e. The van der Waals surface area contributed by atoms with Crippen LogP contribution >= 0.6 is 11.3 Å². The summed E-state index contributed by atoms with van der Waals surface area (Å²) in [6, 6.07) is 15.6. The van der Waals surface area contributed by atoms with E-state index in [9.17, 15) is 4.79 Å². The van der Waals surface area contributed by atoms with Gasteiger partial charge in [-0.2, -0.15) is 0 Å². The Morgan fingerprint density at radius 1 is 1.08 bits per heavy atom. The largest absolute Gasteiger partial charge is 0.454 e. The monoisotopic (exact) mass is 365 g/mol. The predicted molar refractivity (Wildman–Crippen MR) is 99.3 cm³/mol. The van der Waals surface area contributed by atoms with Gasteiger partial charge in [0.05, 0.1) is 4.53 Å². The Kier molecular flexibility index (Phi) is 3.53. The third-order valence-corrected chi connectivity index (χ3v) is 5.44. The molecule has 0 radical (unpaired) electrons. The molecule has 130 valence electrons. The molecule has 2 aromatic carbocycles. The van der Waals surface area contributed by atoms with E-state index in [1.165, 1.54) is 11.3 Å². The molecule has 1 aromatic heterocycles. The summed E-state index contributed by atoms with van der Waals surface area (Å²) in [5.41, 5.74) is 1.95. The zero-order valence-electron chi connectivity index (χ0n) is 13.8. The van der Waals surface area contributed by atoms with Gasteiger partial charge in [-0.1, -0.05) is 41.7 Å². The number of hydrogen-bond donors (Lipinski definition) is 0. The van der Waals surface area contributed by atoms with Gasteiger partial charge in [0.25, 0.3) is 5.56 Å². The molecule has 7 heteroatoms. The molecular formula is C19H15N3O3S. The molecule has 0 aliphatic carbocycles. The van der Waals surface area contributed by atoms with Crippen molar-refractivity contribution in [1.82, 2.24) is 4.57 Å². The van der Waals surface area contributed by atoms with Crippen molar-refractivity contribution in [2.45, 2.75) is 6.67 Å². The van der Waals surface area contributed by atoms with E-state index < -0.39 is 0 Å². The lowest BCUT2D eigenvalue weighted by molar-refractivity contribution is 0.174. The fraction of sp³-hybridized carbons (Fsp3) is 0.158. The Hall–Kier alpha value is -3.06. The third kappa shape index (κ3) is 2.57. The van der Waals surface area contributed by atoms with Gasteiger partial charge in [-0.05, 0) is 23.8 Å².